The predicted octanol–water partition coefficient (Wildman–Crippen LogP) is 4.27. The van der Waals surface area contributed by atoms with Crippen molar-refractivity contribution in [2.75, 3.05) is 12.4 Å². The number of thioether (sulfide) groups is 1. The highest BCUT2D eigenvalue weighted by molar-refractivity contribution is 7.99. The van der Waals surface area contributed by atoms with Crippen molar-refractivity contribution < 1.29 is 4.74 Å². The molecule has 26 heavy (non-hydrogen) atoms. The largest absolute Gasteiger partial charge is 0.377 e. The summed E-state index contributed by atoms with van der Waals surface area (Å²) in [6.07, 6.45) is 2.43. The number of aromatic nitrogens is 2. The molecule has 2 aromatic carbocycles. The maximum Gasteiger partial charge on any atom is 0.266 e. The minimum atomic E-state index is -0.0147. The van der Waals surface area contributed by atoms with Gasteiger partial charge in [-0.1, -0.05) is 36.0 Å². The third kappa shape index (κ3) is 3.17. The van der Waals surface area contributed by atoms with E-state index >= 15 is 0 Å². The van der Waals surface area contributed by atoms with Crippen LogP contribution in [0.5, 0.6) is 0 Å². The zero-order valence-electron chi connectivity index (χ0n) is 15.1. The van der Waals surface area contributed by atoms with Crippen molar-refractivity contribution in [2.45, 2.75) is 37.9 Å². The molecule has 134 valence electrons. The molecule has 0 N–H and O–H groups in total. The molecule has 0 radical (unpaired) electrons. The summed E-state index contributed by atoms with van der Waals surface area (Å²) in [4.78, 5) is 18.1. The summed E-state index contributed by atoms with van der Waals surface area (Å²) < 4.78 is 7.51. The summed E-state index contributed by atoms with van der Waals surface area (Å²) in [6.45, 7) is 4.96. The van der Waals surface area contributed by atoms with Gasteiger partial charge in [-0.25, -0.2) is 4.98 Å². The van der Waals surface area contributed by atoms with Gasteiger partial charge in [0, 0.05) is 12.4 Å². The normalized spacial score (nSPS) is 17.1. The summed E-state index contributed by atoms with van der Waals surface area (Å²) in [5.74, 6) is 0.815. The highest BCUT2D eigenvalue weighted by atomic mass is 32.2. The van der Waals surface area contributed by atoms with Crippen molar-refractivity contribution >= 4 is 22.7 Å². The van der Waals surface area contributed by atoms with Gasteiger partial charge in [-0.15, -0.1) is 0 Å². The monoisotopic (exact) mass is 366 g/mol. The summed E-state index contributed by atoms with van der Waals surface area (Å²) in [5.41, 5.74) is 3.90. The maximum absolute atomic E-state index is 13.3. The van der Waals surface area contributed by atoms with Crippen LogP contribution in [0.1, 0.15) is 24.0 Å². The average Bonchev–Trinajstić information content (AvgIpc) is 3.17. The third-order valence-corrected chi connectivity index (χ3v) is 6.05. The predicted molar refractivity (Wildman–Crippen MR) is 107 cm³/mol. The zero-order chi connectivity index (χ0) is 18.1. The first-order valence-electron chi connectivity index (χ1n) is 8.98. The minimum Gasteiger partial charge on any atom is -0.377 e. The molecule has 1 aromatic heterocycles. The van der Waals surface area contributed by atoms with E-state index in [4.69, 9.17) is 9.72 Å². The van der Waals surface area contributed by atoms with E-state index in [9.17, 15) is 4.79 Å². The summed E-state index contributed by atoms with van der Waals surface area (Å²) in [6, 6.07) is 13.6. The number of aryl methyl sites for hydroxylation is 1. The average molecular weight is 366 g/mol. The molecule has 0 amide bonds. The first-order valence-corrected chi connectivity index (χ1v) is 9.96. The summed E-state index contributed by atoms with van der Waals surface area (Å²) >= 11 is 1.61. The Morgan fingerprint density at radius 3 is 2.85 bits per heavy atom. The van der Waals surface area contributed by atoms with Gasteiger partial charge in [0.15, 0.2) is 5.16 Å². The molecule has 1 aliphatic rings. The van der Waals surface area contributed by atoms with Crippen molar-refractivity contribution in [1.29, 1.82) is 0 Å². The van der Waals surface area contributed by atoms with Crippen molar-refractivity contribution in [1.82, 2.24) is 9.55 Å². The number of fused-ring (bicyclic) bond motifs is 1. The Kier molecular flexibility index (Phi) is 4.83. The van der Waals surface area contributed by atoms with Gasteiger partial charge in [0.05, 0.1) is 22.7 Å². The molecule has 1 atom stereocenters. The SMILES string of the molecule is Cc1cccc(-n2c(SCC3CCCO3)nc3ccccc3c2=O)c1C. The second kappa shape index (κ2) is 7.25. The van der Waals surface area contributed by atoms with Crippen LogP contribution in [0, 0.1) is 13.8 Å². The van der Waals surface area contributed by atoms with E-state index in [2.05, 4.69) is 19.9 Å². The molecule has 0 bridgehead atoms. The lowest BCUT2D eigenvalue weighted by molar-refractivity contribution is 0.129. The Bertz CT molecular complexity index is 1010. The van der Waals surface area contributed by atoms with Crippen LogP contribution in [-0.4, -0.2) is 28.0 Å². The fourth-order valence-corrected chi connectivity index (χ4v) is 4.41. The van der Waals surface area contributed by atoms with Crippen LogP contribution in [-0.2, 0) is 4.74 Å². The number of ether oxygens (including phenoxy) is 1. The number of hydrogen-bond acceptors (Lipinski definition) is 4. The minimum absolute atomic E-state index is 0.0147. The fraction of sp³-hybridized carbons (Fsp3) is 0.333. The van der Waals surface area contributed by atoms with Crippen LogP contribution in [0.15, 0.2) is 52.4 Å². The molecule has 4 nitrogen and oxygen atoms in total. The van der Waals surface area contributed by atoms with E-state index in [1.165, 1.54) is 0 Å². The zero-order valence-corrected chi connectivity index (χ0v) is 15.9. The van der Waals surface area contributed by atoms with Crippen LogP contribution < -0.4 is 5.56 Å². The molecule has 0 saturated carbocycles. The van der Waals surface area contributed by atoms with Gasteiger partial charge in [0.1, 0.15) is 0 Å². The van der Waals surface area contributed by atoms with Gasteiger partial charge < -0.3 is 4.74 Å². The molecule has 0 spiro atoms. The van der Waals surface area contributed by atoms with Gasteiger partial charge in [-0.05, 0) is 56.0 Å². The lowest BCUT2D eigenvalue weighted by Crippen LogP contribution is -2.23. The molecule has 1 saturated heterocycles. The van der Waals surface area contributed by atoms with Crippen molar-refractivity contribution in [3.05, 3.63) is 63.9 Å². The lowest BCUT2D eigenvalue weighted by Gasteiger charge is -2.17. The maximum atomic E-state index is 13.3. The van der Waals surface area contributed by atoms with Gasteiger partial charge >= 0.3 is 0 Å². The molecular formula is C21H22N2O2S. The summed E-state index contributed by atoms with van der Waals surface area (Å²) in [5, 5.41) is 1.38. The molecule has 1 fully saturated rings. The number of benzene rings is 2. The molecule has 4 rings (SSSR count). The van der Waals surface area contributed by atoms with E-state index in [0.717, 1.165) is 52.7 Å². The highest BCUT2D eigenvalue weighted by Crippen LogP contribution is 2.27. The van der Waals surface area contributed by atoms with Crippen LogP contribution in [0.2, 0.25) is 0 Å². The van der Waals surface area contributed by atoms with Crippen molar-refractivity contribution in [3.8, 4) is 5.69 Å². The van der Waals surface area contributed by atoms with Gasteiger partial charge in [-0.3, -0.25) is 9.36 Å². The number of rotatable bonds is 4. The fourth-order valence-electron chi connectivity index (χ4n) is 3.34. The molecule has 5 heteroatoms. The van der Waals surface area contributed by atoms with E-state index in [0.29, 0.717) is 5.39 Å². The van der Waals surface area contributed by atoms with E-state index in [1.54, 1.807) is 16.3 Å². The van der Waals surface area contributed by atoms with Crippen molar-refractivity contribution in [3.63, 3.8) is 0 Å². The van der Waals surface area contributed by atoms with Gasteiger partial charge in [0.2, 0.25) is 0 Å². The molecule has 0 aliphatic carbocycles. The molecular weight excluding hydrogens is 344 g/mol. The molecule has 3 aromatic rings. The Morgan fingerprint density at radius 2 is 2.04 bits per heavy atom. The number of hydrogen-bond donors (Lipinski definition) is 0. The first-order chi connectivity index (χ1) is 12.6. The number of nitrogens with zero attached hydrogens (tertiary/aromatic N) is 2. The quantitative estimate of drug-likeness (QED) is 0.511. The van der Waals surface area contributed by atoms with Crippen LogP contribution in [0.3, 0.4) is 0 Å². The highest BCUT2D eigenvalue weighted by Gasteiger charge is 2.19. The van der Waals surface area contributed by atoms with Crippen LogP contribution in [0.4, 0.5) is 0 Å². The second-order valence-corrected chi connectivity index (χ2v) is 7.70. The van der Waals surface area contributed by atoms with Gasteiger partial charge in [0.25, 0.3) is 5.56 Å². The molecule has 1 aliphatic heterocycles. The third-order valence-electron chi connectivity index (χ3n) is 4.98. The van der Waals surface area contributed by atoms with Gasteiger partial charge in [-0.2, -0.15) is 0 Å². The Balaban J connectivity index is 1.87. The smallest absolute Gasteiger partial charge is 0.266 e. The Morgan fingerprint density at radius 1 is 1.19 bits per heavy atom. The Labute approximate surface area is 157 Å². The lowest BCUT2D eigenvalue weighted by atomic mass is 10.1. The second-order valence-electron chi connectivity index (χ2n) is 6.72. The van der Waals surface area contributed by atoms with Crippen LogP contribution in [0.25, 0.3) is 16.6 Å². The standard InChI is InChI=1S/C21H22N2O2S/c1-14-7-5-11-19(15(14)2)23-20(24)17-9-3-4-10-18(17)22-21(23)26-13-16-8-6-12-25-16/h3-5,7,9-11,16H,6,8,12-13H2,1-2H3. The van der Waals surface area contributed by atoms with E-state index in [1.807, 2.05) is 36.4 Å². The summed E-state index contributed by atoms with van der Waals surface area (Å²) in [7, 11) is 0. The van der Waals surface area contributed by atoms with E-state index < -0.39 is 0 Å². The molecule has 1 unspecified atom stereocenters. The first kappa shape index (κ1) is 17.3. The topological polar surface area (TPSA) is 44.1 Å². The van der Waals surface area contributed by atoms with Crippen LogP contribution >= 0.6 is 11.8 Å². The Hall–Kier alpha value is -2.11. The van der Waals surface area contributed by atoms with Crippen molar-refractivity contribution in [2.24, 2.45) is 0 Å². The van der Waals surface area contributed by atoms with E-state index in [-0.39, 0.29) is 11.7 Å². The number of para-hydroxylation sites is 1. The molecule has 2 heterocycles.